The van der Waals surface area contributed by atoms with Crippen LogP contribution in [0, 0.1) is 0 Å². The minimum Gasteiger partial charge on any atom is -0.319 e. The summed E-state index contributed by atoms with van der Waals surface area (Å²) >= 11 is 3.52. The first-order chi connectivity index (χ1) is 8.16. The Kier molecular flexibility index (Phi) is 2.58. The largest absolute Gasteiger partial charge is 0.319 e. The lowest BCUT2D eigenvalue weighted by Gasteiger charge is -2.33. The summed E-state index contributed by atoms with van der Waals surface area (Å²) in [6.07, 6.45) is 3.56. The number of hydrogen-bond acceptors (Lipinski definition) is 1. The maximum absolute atomic E-state index is 11.7. The molecule has 1 aromatic rings. The summed E-state index contributed by atoms with van der Waals surface area (Å²) < 4.78 is 1.14. The summed E-state index contributed by atoms with van der Waals surface area (Å²) in [4.78, 5) is 13.6. The van der Waals surface area contributed by atoms with Crippen molar-refractivity contribution in [1.82, 2.24) is 4.90 Å². The van der Waals surface area contributed by atoms with Crippen molar-refractivity contribution in [3.05, 3.63) is 39.5 Å². The number of rotatable bonds is 0. The number of hydrogen-bond donors (Lipinski definition) is 0. The highest BCUT2D eigenvalue weighted by Gasteiger charge is 2.28. The molecule has 0 unspecified atom stereocenters. The van der Waals surface area contributed by atoms with Crippen molar-refractivity contribution in [3.63, 3.8) is 0 Å². The average molecular weight is 292 g/mol. The second kappa shape index (κ2) is 3.98. The number of amides is 1. The number of fused-ring (bicyclic) bond motifs is 2. The van der Waals surface area contributed by atoms with E-state index in [-0.39, 0.29) is 5.91 Å². The van der Waals surface area contributed by atoms with Gasteiger partial charge in [0, 0.05) is 23.6 Å². The third kappa shape index (κ3) is 1.73. The molecule has 0 saturated heterocycles. The maximum Gasteiger partial charge on any atom is 0.226 e. The van der Waals surface area contributed by atoms with Gasteiger partial charge in [-0.15, -0.1) is 0 Å². The van der Waals surface area contributed by atoms with E-state index in [1.807, 2.05) is 11.9 Å². The third-order valence-electron chi connectivity index (χ3n) is 3.74. The molecule has 3 rings (SSSR count). The van der Waals surface area contributed by atoms with Crippen molar-refractivity contribution in [1.29, 1.82) is 0 Å². The van der Waals surface area contributed by atoms with Gasteiger partial charge in [0.15, 0.2) is 0 Å². The number of carbonyl (C=O) groups is 1. The lowest BCUT2D eigenvalue weighted by molar-refractivity contribution is -0.128. The fraction of sp³-hybridized carbons (Fsp3) is 0.357. The SMILES string of the molecule is CN1C(=O)CCC2=C1CCc1cc(Br)ccc12. The zero-order valence-corrected chi connectivity index (χ0v) is 11.4. The Morgan fingerprint density at radius 2 is 2.00 bits per heavy atom. The lowest BCUT2D eigenvalue weighted by Crippen LogP contribution is -2.32. The zero-order valence-electron chi connectivity index (χ0n) is 9.79. The summed E-state index contributed by atoms with van der Waals surface area (Å²) in [5.74, 6) is 0.254. The fourth-order valence-corrected chi connectivity index (χ4v) is 3.23. The van der Waals surface area contributed by atoms with Gasteiger partial charge in [0.1, 0.15) is 0 Å². The van der Waals surface area contributed by atoms with E-state index in [1.165, 1.54) is 22.4 Å². The van der Waals surface area contributed by atoms with Gasteiger partial charge >= 0.3 is 0 Å². The van der Waals surface area contributed by atoms with Crippen LogP contribution in [-0.4, -0.2) is 17.9 Å². The zero-order chi connectivity index (χ0) is 12.0. The fourth-order valence-electron chi connectivity index (χ4n) is 2.82. The van der Waals surface area contributed by atoms with E-state index in [0.717, 1.165) is 23.7 Å². The minimum atomic E-state index is 0.254. The Bertz CT molecular complexity index is 533. The topological polar surface area (TPSA) is 20.3 Å². The number of halogens is 1. The first kappa shape index (κ1) is 11.0. The standard InChI is InChI=1S/C14H14BrNO/c1-16-13-6-2-9-8-10(15)3-4-11(9)12(13)5-7-14(16)17/h3-4,8H,2,5-7H2,1H3. The molecule has 0 atom stereocenters. The molecule has 0 radical (unpaired) electrons. The number of nitrogens with zero attached hydrogens (tertiary/aromatic N) is 1. The summed E-state index contributed by atoms with van der Waals surface area (Å²) in [6, 6.07) is 6.47. The Labute approximate surface area is 109 Å². The maximum atomic E-state index is 11.7. The molecule has 17 heavy (non-hydrogen) atoms. The average Bonchev–Trinajstić information content (AvgIpc) is 2.33. The summed E-state index contributed by atoms with van der Waals surface area (Å²) in [5.41, 5.74) is 5.35. The third-order valence-corrected chi connectivity index (χ3v) is 4.23. The van der Waals surface area contributed by atoms with Gasteiger partial charge in [0.2, 0.25) is 5.91 Å². The second-order valence-corrected chi connectivity index (χ2v) is 5.60. The van der Waals surface area contributed by atoms with Crippen molar-refractivity contribution in [3.8, 4) is 0 Å². The molecule has 1 aliphatic carbocycles. The second-order valence-electron chi connectivity index (χ2n) is 4.68. The molecule has 0 bridgehead atoms. The van der Waals surface area contributed by atoms with E-state index in [0.29, 0.717) is 6.42 Å². The summed E-state index contributed by atoms with van der Waals surface area (Å²) in [7, 11) is 1.90. The van der Waals surface area contributed by atoms with E-state index in [4.69, 9.17) is 0 Å². The monoisotopic (exact) mass is 291 g/mol. The number of allylic oxidation sites excluding steroid dienone is 2. The van der Waals surface area contributed by atoms with Gasteiger partial charge in [-0.25, -0.2) is 0 Å². The smallest absolute Gasteiger partial charge is 0.226 e. The van der Waals surface area contributed by atoms with Crippen LogP contribution in [0.3, 0.4) is 0 Å². The van der Waals surface area contributed by atoms with Gasteiger partial charge in [-0.05, 0) is 48.1 Å². The highest BCUT2D eigenvalue weighted by molar-refractivity contribution is 9.10. The molecular formula is C14H14BrNO. The molecule has 1 amide bonds. The quantitative estimate of drug-likeness (QED) is 0.718. The molecule has 88 valence electrons. The molecule has 2 nitrogen and oxygen atoms in total. The molecular weight excluding hydrogens is 278 g/mol. The van der Waals surface area contributed by atoms with Gasteiger partial charge < -0.3 is 4.90 Å². The number of benzene rings is 1. The van der Waals surface area contributed by atoms with Crippen LogP contribution in [0.15, 0.2) is 28.4 Å². The first-order valence-electron chi connectivity index (χ1n) is 5.94. The minimum absolute atomic E-state index is 0.254. The molecule has 1 heterocycles. The van der Waals surface area contributed by atoms with Gasteiger partial charge in [0.25, 0.3) is 0 Å². The van der Waals surface area contributed by atoms with Crippen LogP contribution in [0.4, 0.5) is 0 Å². The molecule has 0 N–H and O–H groups in total. The van der Waals surface area contributed by atoms with Crippen LogP contribution in [0.2, 0.25) is 0 Å². The van der Waals surface area contributed by atoms with Crippen LogP contribution in [0.25, 0.3) is 5.57 Å². The van der Waals surface area contributed by atoms with E-state index < -0.39 is 0 Å². The molecule has 0 spiro atoms. The van der Waals surface area contributed by atoms with Crippen LogP contribution in [0.1, 0.15) is 30.4 Å². The molecule has 0 saturated carbocycles. The normalized spacial score (nSPS) is 19.2. The number of aryl methyl sites for hydroxylation is 1. The van der Waals surface area contributed by atoms with Crippen LogP contribution >= 0.6 is 15.9 Å². The van der Waals surface area contributed by atoms with Crippen molar-refractivity contribution < 1.29 is 4.79 Å². The van der Waals surface area contributed by atoms with Crippen molar-refractivity contribution in [2.24, 2.45) is 0 Å². The van der Waals surface area contributed by atoms with Crippen molar-refractivity contribution in [2.75, 3.05) is 7.05 Å². The van der Waals surface area contributed by atoms with Gasteiger partial charge in [-0.3, -0.25) is 4.79 Å². The van der Waals surface area contributed by atoms with Gasteiger partial charge in [-0.1, -0.05) is 22.0 Å². The molecule has 0 fully saturated rings. The Balaban J connectivity index is 2.13. The Morgan fingerprint density at radius 3 is 2.82 bits per heavy atom. The van der Waals surface area contributed by atoms with Crippen LogP contribution < -0.4 is 0 Å². The van der Waals surface area contributed by atoms with E-state index in [2.05, 4.69) is 34.1 Å². The van der Waals surface area contributed by atoms with E-state index >= 15 is 0 Å². The molecule has 1 aliphatic heterocycles. The molecule has 0 aromatic heterocycles. The summed E-state index contributed by atoms with van der Waals surface area (Å²) in [6.45, 7) is 0. The highest BCUT2D eigenvalue weighted by atomic mass is 79.9. The van der Waals surface area contributed by atoms with Gasteiger partial charge in [0.05, 0.1) is 0 Å². The van der Waals surface area contributed by atoms with Crippen LogP contribution in [-0.2, 0) is 11.2 Å². The van der Waals surface area contributed by atoms with Crippen molar-refractivity contribution in [2.45, 2.75) is 25.7 Å². The van der Waals surface area contributed by atoms with Crippen LogP contribution in [0.5, 0.6) is 0 Å². The molecule has 1 aromatic carbocycles. The highest BCUT2D eigenvalue weighted by Crippen LogP contribution is 2.39. The Morgan fingerprint density at radius 1 is 1.18 bits per heavy atom. The van der Waals surface area contributed by atoms with E-state index in [9.17, 15) is 4.79 Å². The Hall–Kier alpha value is -1.09. The van der Waals surface area contributed by atoms with E-state index in [1.54, 1.807) is 0 Å². The predicted molar refractivity (Wildman–Crippen MR) is 71.4 cm³/mol. The predicted octanol–water partition coefficient (Wildman–Crippen LogP) is 3.36. The van der Waals surface area contributed by atoms with Crippen molar-refractivity contribution >= 4 is 27.4 Å². The molecule has 2 aliphatic rings. The number of carbonyl (C=O) groups excluding carboxylic acids is 1. The lowest BCUT2D eigenvalue weighted by atomic mass is 9.84. The summed E-state index contributed by atoms with van der Waals surface area (Å²) in [5, 5.41) is 0. The molecule has 3 heteroatoms. The van der Waals surface area contributed by atoms with Gasteiger partial charge in [-0.2, -0.15) is 0 Å². The first-order valence-corrected chi connectivity index (χ1v) is 6.73.